The molecule has 0 aromatic carbocycles. The van der Waals surface area contributed by atoms with Gasteiger partial charge in [0.25, 0.3) is 0 Å². The first-order valence-corrected chi connectivity index (χ1v) is 9.49. The Hall–Kier alpha value is -2.68. The Bertz CT molecular complexity index is 881. The quantitative estimate of drug-likeness (QED) is 0.735. The summed E-state index contributed by atoms with van der Waals surface area (Å²) in [6.45, 7) is 5.86. The van der Waals surface area contributed by atoms with Gasteiger partial charge in [0.05, 0.1) is 0 Å². The van der Waals surface area contributed by atoms with Crippen molar-refractivity contribution >= 4 is 28.1 Å². The van der Waals surface area contributed by atoms with Gasteiger partial charge in [-0.25, -0.2) is 19.9 Å². The summed E-state index contributed by atoms with van der Waals surface area (Å²) >= 11 is 1.55. The van der Waals surface area contributed by atoms with Gasteiger partial charge < -0.3 is 10.2 Å². The standard InChI is InChI=1S/C17H20N8S/c1-3-15-23-24-17(26-15)22-13-8-11(2)20-16(21-13)12-5-7-25(9-12)14-4-6-18-10-19-14/h4,6,8,10,12H,3,5,7,9H2,1-2H3,(H,20,21,22,24)/t12-/m1/s1. The van der Waals surface area contributed by atoms with E-state index in [0.717, 1.165) is 59.2 Å². The summed E-state index contributed by atoms with van der Waals surface area (Å²) in [4.78, 5) is 20.0. The van der Waals surface area contributed by atoms with Gasteiger partial charge in [-0.1, -0.05) is 18.3 Å². The highest BCUT2D eigenvalue weighted by Crippen LogP contribution is 2.29. The Balaban J connectivity index is 1.51. The third-order valence-electron chi connectivity index (χ3n) is 4.32. The summed E-state index contributed by atoms with van der Waals surface area (Å²) in [5.74, 6) is 2.87. The summed E-state index contributed by atoms with van der Waals surface area (Å²) in [7, 11) is 0. The van der Waals surface area contributed by atoms with Crippen LogP contribution in [0.5, 0.6) is 0 Å². The Morgan fingerprint density at radius 2 is 2.23 bits per heavy atom. The molecule has 1 aliphatic heterocycles. The van der Waals surface area contributed by atoms with Crippen LogP contribution in [0.25, 0.3) is 0 Å². The van der Waals surface area contributed by atoms with E-state index in [0.29, 0.717) is 0 Å². The maximum Gasteiger partial charge on any atom is 0.211 e. The molecule has 4 heterocycles. The molecule has 9 heteroatoms. The van der Waals surface area contributed by atoms with E-state index in [1.807, 2.05) is 19.1 Å². The molecule has 0 unspecified atom stereocenters. The van der Waals surface area contributed by atoms with Crippen LogP contribution in [0.1, 0.15) is 35.8 Å². The molecule has 0 radical (unpaired) electrons. The monoisotopic (exact) mass is 368 g/mol. The van der Waals surface area contributed by atoms with Crippen LogP contribution in [0.3, 0.4) is 0 Å². The summed E-state index contributed by atoms with van der Waals surface area (Å²) in [5.41, 5.74) is 0.943. The van der Waals surface area contributed by atoms with E-state index >= 15 is 0 Å². The predicted octanol–water partition coefficient (Wildman–Crippen LogP) is 2.73. The first-order chi connectivity index (χ1) is 12.7. The van der Waals surface area contributed by atoms with E-state index in [1.165, 1.54) is 0 Å². The molecule has 26 heavy (non-hydrogen) atoms. The lowest BCUT2D eigenvalue weighted by Gasteiger charge is -2.17. The number of anilines is 3. The molecular formula is C17H20N8S. The van der Waals surface area contributed by atoms with Crippen molar-refractivity contribution in [3.05, 3.63) is 41.2 Å². The van der Waals surface area contributed by atoms with Crippen LogP contribution in [0, 0.1) is 6.92 Å². The molecule has 0 saturated carbocycles. The molecule has 1 aliphatic rings. The zero-order chi connectivity index (χ0) is 17.9. The fourth-order valence-electron chi connectivity index (χ4n) is 3.04. The zero-order valence-electron chi connectivity index (χ0n) is 14.8. The van der Waals surface area contributed by atoms with Gasteiger partial charge in [-0.15, -0.1) is 10.2 Å². The van der Waals surface area contributed by atoms with Crippen molar-refractivity contribution in [2.45, 2.75) is 32.6 Å². The fourth-order valence-corrected chi connectivity index (χ4v) is 3.73. The number of hydrogen-bond donors (Lipinski definition) is 1. The number of aryl methyl sites for hydroxylation is 2. The highest BCUT2D eigenvalue weighted by molar-refractivity contribution is 7.15. The third-order valence-corrected chi connectivity index (χ3v) is 5.30. The number of hydrogen-bond acceptors (Lipinski definition) is 9. The highest BCUT2D eigenvalue weighted by Gasteiger charge is 2.27. The summed E-state index contributed by atoms with van der Waals surface area (Å²) in [6, 6.07) is 3.88. The van der Waals surface area contributed by atoms with Crippen LogP contribution < -0.4 is 10.2 Å². The second kappa shape index (κ2) is 7.28. The van der Waals surface area contributed by atoms with Crippen LogP contribution in [-0.4, -0.2) is 43.2 Å². The molecule has 1 N–H and O–H groups in total. The van der Waals surface area contributed by atoms with Crippen molar-refractivity contribution in [2.24, 2.45) is 0 Å². The topological polar surface area (TPSA) is 92.6 Å². The van der Waals surface area contributed by atoms with Crippen molar-refractivity contribution < 1.29 is 0 Å². The van der Waals surface area contributed by atoms with E-state index in [1.54, 1.807) is 23.9 Å². The van der Waals surface area contributed by atoms with E-state index in [4.69, 9.17) is 4.98 Å². The van der Waals surface area contributed by atoms with Gasteiger partial charge in [0.15, 0.2) is 0 Å². The molecule has 1 saturated heterocycles. The molecule has 4 rings (SSSR count). The third kappa shape index (κ3) is 3.62. The molecule has 3 aromatic rings. The average Bonchev–Trinajstić information content (AvgIpc) is 3.31. The summed E-state index contributed by atoms with van der Waals surface area (Å²) < 4.78 is 0. The van der Waals surface area contributed by atoms with Crippen LogP contribution in [0.2, 0.25) is 0 Å². The maximum absolute atomic E-state index is 4.73. The number of nitrogens with zero attached hydrogens (tertiary/aromatic N) is 7. The van der Waals surface area contributed by atoms with E-state index in [-0.39, 0.29) is 5.92 Å². The molecule has 1 fully saturated rings. The molecule has 8 nitrogen and oxygen atoms in total. The lowest BCUT2D eigenvalue weighted by molar-refractivity contribution is 0.705. The van der Waals surface area contributed by atoms with Crippen LogP contribution in [0.15, 0.2) is 24.7 Å². The van der Waals surface area contributed by atoms with Gasteiger partial charge >= 0.3 is 0 Å². The van der Waals surface area contributed by atoms with Crippen molar-refractivity contribution in [3.63, 3.8) is 0 Å². The Morgan fingerprint density at radius 1 is 1.31 bits per heavy atom. The minimum absolute atomic E-state index is 0.283. The lowest BCUT2D eigenvalue weighted by atomic mass is 10.1. The van der Waals surface area contributed by atoms with Gasteiger partial charge in [0, 0.05) is 37.0 Å². The van der Waals surface area contributed by atoms with Crippen molar-refractivity contribution in [3.8, 4) is 0 Å². The lowest BCUT2D eigenvalue weighted by Crippen LogP contribution is -2.21. The van der Waals surface area contributed by atoms with E-state index in [2.05, 4.69) is 42.3 Å². The Kier molecular flexibility index (Phi) is 4.70. The van der Waals surface area contributed by atoms with Gasteiger partial charge in [-0.3, -0.25) is 0 Å². The van der Waals surface area contributed by atoms with Crippen molar-refractivity contribution in [2.75, 3.05) is 23.3 Å². The van der Waals surface area contributed by atoms with Gasteiger partial charge in [-0.2, -0.15) is 0 Å². The van der Waals surface area contributed by atoms with Crippen LogP contribution >= 0.6 is 11.3 Å². The minimum atomic E-state index is 0.283. The molecule has 0 bridgehead atoms. The number of rotatable bonds is 5. The number of aromatic nitrogens is 6. The molecule has 0 aliphatic carbocycles. The summed E-state index contributed by atoms with van der Waals surface area (Å²) in [5, 5.41) is 13.3. The second-order valence-electron chi connectivity index (χ2n) is 6.23. The molecule has 0 spiro atoms. The molecule has 0 amide bonds. The maximum atomic E-state index is 4.73. The largest absolute Gasteiger partial charge is 0.356 e. The van der Waals surface area contributed by atoms with Crippen LogP contribution in [0.4, 0.5) is 16.8 Å². The minimum Gasteiger partial charge on any atom is -0.356 e. The summed E-state index contributed by atoms with van der Waals surface area (Å²) in [6.07, 6.45) is 5.24. The Labute approximate surface area is 155 Å². The van der Waals surface area contributed by atoms with Gasteiger partial charge in [-0.05, 0) is 25.8 Å². The molecule has 3 aromatic heterocycles. The van der Waals surface area contributed by atoms with Gasteiger partial charge in [0.2, 0.25) is 5.13 Å². The SMILES string of the molecule is CCc1nnc(Nc2cc(C)nc([C@@H]3CCN(c4ccncn4)C3)n2)s1. The molecule has 1 atom stereocenters. The van der Waals surface area contributed by atoms with Gasteiger partial charge in [0.1, 0.15) is 28.8 Å². The first kappa shape index (κ1) is 16.8. The van der Waals surface area contributed by atoms with Crippen molar-refractivity contribution in [1.82, 2.24) is 30.1 Å². The molecule has 134 valence electrons. The fraction of sp³-hybridized carbons (Fsp3) is 0.412. The zero-order valence-corrected chi connectivity index (χ0v) is 15.6. The Morgan fingerprint density at radius 3 is 3.00 bits per heavy atom. The van der Waals surface area contributed by atoms with Crippen LogP contribution in [-0.2, 0) is 6.42 Å². The molecular weight excluding hydrogens is 348 g/mol. The smallest absolute Gasteiger partial charge is 0.211 e. The van der Waals surface area contributed by atoms with E-state index < -0.39 is 0 Å². The first-order valence-electron chi connectivity index (χ1n) is 8.67. The normalized spacial score (nSPS) is 16.8. The van der Waals surface area contributed by atoms with E-state index in [9.17, 15) is 0 Å². The predicted molar refractivity (Wildman–Crippen MR) is 101 cm³/mol. The van der Waals surface area contributed by atoms with Crippen molar-refractivity contribution in [1.29, 1.82) is 0 Å². The highest BCUT2D eigenvalue weighted by atomic mass is 32.1. The number of nitrogens with one attached hydrogen (secondary N) is 1. The average molecular weight is 368 g/mol. The second-order valence-corrected chi connectivity index (χ2v) is 7.29.